The van der Waals surface area contributed by atoms with Crippen molar-refractivity contribution in [2.24, 2.45) is 0 Å². The van der Waals surface area contributed by atoms with Gasteiger partial charge >= 0.3 is 5.97 Å². The van der Waals surface area contributed by atoms with Crippen LogP contribution in [-0.2, 0) is 16.0 Å². The molecule has 1 aliphatic heterocycles. The molecule has 0 radical (unpaired) electrons. The Morgan fingerprint density at radius 3 is 2.58 bits per heavy atom. The van der Waals surface area contributed by atoms with Crippen LogP contribution in [0, 0.1) is 0 Å². The van der Waals surface area contributed by atoms with Crippen molar-refractivity contribution >= 4 is 46.6 Å². The number of halogens is 1. The van der Waals surface area contributed by atoms with Crippen LogP contribution >= 0.6 is 23.4 Å². The van der Waals surface area contributed by atoms with E-state index in [2.05, 4.69) is 5.32 Å². The summed E-state index contributed by atoms with van der Waals surface area (Å²) < 4.78 is 5.30. The number of nitrogens with one attached hydrogen (secondary N) is 1. The van der Waals surface area contributed by atoms with E-state index in [4.69, 9.17) is 16.3 Å². The molecule has 2 aromatic carbocycles. The molecular formula is C19H14ClNO4S. The number of benzene rings is 2. The quantitative estimate of drug-likeness (QED) is 0.473. The summed E-state index contributed by atoms with van der Waals surface area (Å²) in [6.07, 6.45) is 2.37. The number of aryl methyl sites for hydroxylation is 1. The Bertz CT molecular complexity index is 896. The van der Waals surface area contributed by atoms with E-state index in [1.54, 1.807) is 12.1 Å². The van der Waals surface area contributed by atoms with Crippen LogP contribution in [0.4, 0.5) is 4.79 Å². The molecule has 132 valence electrons. The maximum atomic E-state index is 12.0. The van der Waals surface area contributed by atoms with Gasteiger partial charge in [-0.05, 0) is 47.5 Å². The zero-order valence-electron chi connectivity index (χ0n) is 13.5. The van der Waals surface area contributed by atoms with Gasteiger partial charge in [0.2, 0.25) is 0 Å². The molecular weight excluding hydrogens is 374 g/mol. The van der Waals surface area contributed by atoms with Crippen LogP contribution in [0.1, 0.15) is 17.5 Å². The lowest BCUT2D eigenvalue weighted by atomic mass is 10.1. The van der Waals surface area contributed by atoms with Gasteiger partial charge < -0.3 is 4.74 Å². The van der Waals surface area contributed by atoms with E-state index < -0.39 is 11.1 Å². The molecule has 2 amide bonds. The lowest BCUT2D eigenvalue weighted by molar-refractivity contribution is -0.134. The third-order valence-electron chi connectivity index (χ3n) is 3.59. The first-order chi connectivity index (χ1) is 12.5. The maximum absolute atomic E-state index is 12.0. The molecule has 0 aliphatic carbocycles. The minimum absolute atomic E-state index is 0.256. The normalized spacial score (nSPS) is 15.2. The maximum Gasteiger partial charge on any atom is 0.311 e. The molecule has 0 atom stereocenters. The van der Waals surface area contributed by atoms with Crippen molar-refractivity contribution < 1.29 is 19.1 Å². The summed E-state index contributed by atoms with van der Waals surface area (Å²) in [7, 11) is 0. The molecule has 0 aromatic heterocycles. The number of ether oxygens (including phenoxy) is 1. The summed E-state index contributed by atoms with van der Waals surface area (Å²) >= 11 is 7.00. The third-order valence-corrected chi connectivity index (χ3v) is 4.73. The Balaban J connectivity index is 1.62. The summed E-state index contributed by atoms with van der Waals surface area (Å²) in [5, 5.41) is 2.08. The highest BCUT2D eigenvalue weighted by atomic mass is 35.5. The molecule has 3 rings (SSSR count). The van der Waals surface area contributed by atoms with Crippen LogP contribution in [0.25, 0.3) is 6.08 Å². The first-order valence-electron chi connectivity index (χ1n) is 7.80. The molecule has 1 fully saturated rings. The first-order valence-corrected chi connectivity index (χ1v) is 9.00. The van der Waals surface area contributed by atoms with Crippen LogP contribution in [0.15, 0.2) is 53.4 Å². The molecule has 0 spiro atoms. The number of rotatable bonds is 5. The van der Waals surface area contributed by atoms with Gasteiger partial charge in [-0.2, -0.15) is 0 Å². The van der Waals surface area contributed by atoms with Crippen LogP contribution in [0.5, 0.6) is 5.75 Å². The van der Waals surface area contributed by atoms with Gasteiger partial charge in [-0.25, -0.2) is 0 Å². The molecule has 1 saturated heterocycles. The monoisotopic (exact) mass is 387 g/mol. The van der Waals surface area contributed by atoms with Crippen LogP contribution in [0.3, 0.4) is 0 Å². The van der Waals surface area contributed by atoms with E-state index in [0.29, 0.717) is 22.8 Å². The SMILES string of the molecule is O=C(CCc1ccccc1)Oc1ccc(C=C2SC(=O)NC2=O)c(Cl)c1. The Kier molecular flexibility index (Phi) is 5.75. The zero-order valence-corrected chi connectivity index (χ0v) is 15.1. The summed E-state index contributed by atoms with van der Waals surface area (Å²) in [6.45, 7) is 0. The molecule has 1 heterocycles. The van der Waals surface area contributed by atoms with Gasteiger partial charge in [0.25, 0.3) is 11.1 Å². The van der Waals surface area contributed by atoms with Gasteiger partial charge in [0, 0.05) is 12.5 Å². The fourth-order valence-electron chi connectivity index (χ4n) is 2.32. The van der Waals surface area contributed by atoms with E-state index in [1.165, 1.54) is 12.1 Å². The van der Waals surface area contributed by atoms with Crippen molar-refractivity contribution in [3.63, 3.8) is 0 Å². The molecule has 26 heavy (non-hydrogen) atoms. The second kappa shape index (κ2) is 8.21. The van der Waals surface area contributed by atoms with Gasteiger partial charge in [0.15, 0.2) is 0 Å². The highest BCUT2D eigenvalue weighted by Crippen LogP contribution is 2.30. The first kappa shape index (κ1) is 18.2. The minimum atomic E-state index is -0.451. The predicted octanol–water partition coefficient (Wildman–Crippen LogP) is 4.20. The topological polar surface area (TPSA) is 72.5 Å². The molecule has 0 unspecified atom stereocenters. The fourth-order valence-corrected chi connectivity index (χ4v) is 3.22. The van der Waals surface area contributed by atoms with Crippen molar-refractivity contribution in [1.82, 2.24) is 5.32 Å². The summed E-state index contributed by atoms with van der Waals surface area (Å²) in [4.78, 5) is 35.0. The number of hydrogen-bond donors (Lipinski definition) is 1. The minimum Gasteiger partial charge on any atom is -0.426 e. The molecule has 1 aliphatic rings. The van der Waals surface area contributed by atoms with E-state index in [9.17, 15) is 14.4 Å². The highest BCUT2D eigenvalue weighted by molar-refractivity contribution is 8.18. The Morgan fingerprint density at radius 2 is 1.92 bits per heavy atom. The van der Waals surface area contributed by atoms with Gasteiger partial charge in [0.1, 0.15) is 5.75 Å². The van der Waals surface area contributed by atoms with E-state index in [-0.39, 0.29) is 17.3 Å². The second-order valence-corrected chi connectivity index (χ2v) is 6.92. The summed E-state index contributed by atoms with van der Waals surface area (Å²) in [5.74, 6) is -0.477. The number of esters is 1. The van der Waals surface area contributed by atoms with Crippen molar-refractivity contribution in [2.45, 2.75) is 12.8 Å². The second-order valence-electron chi connectivity index (χ2n) is 5.50. The van der Waals surface area contributed by atoms with Gasteiger partial charge in [0.05, 0.1) is 9.93 Å². The number of thioether (sulfide) groups is 1. The van der Waals surface area contributed by atoms with Crippen LogP contribution in [-0.4, -0.2) is 17.1 Å². The number of imide groups is 1. The van der Waals surface area contributed by atoms with Crippen molar-refractivity contribution in [3.8, 4) is 5.75 Å². The smallest absolute Gasteiger partial charge is 0.311 e. The molecule has 0 bridgehead atoms. The van der Waals surface area contributed by atoms with Gasteiger partial charge in [-0.3, -0.25) is 19.7 Å². The highest BCUT2D eigenvalue weighted by Gasteiger charge is 2.25. The van der Waals surface area contributed by atoms with Crippen LogP contribution < -0.4 is 10.1 Å². The van der Waals surface area contributed by atoms with Crippen molar-refractivity contribution in [1.29, 1.82) is 0 Å². The zero-order chi connectivity index (χ0) is 18.5. The third kappa shape index (κ3) is 4.74. The predicted molar refractivity (Wildman–Crippen MR) is 101 cm³/mol. The average Bonchev–Trinajstić information content (AvgIpc) is 2.93. The van der Waals surface area contributed by atoms with Crippen molar-refractivity contribution in [3.05, 3.63) is 69.6 Å². The van der Waals surface area contributed by atoms with E-state index in [1.807, 2.05) is 30.3 Å². The molecule has 5 nitrogen and oxygen atoms in total. The molecule has 7 heteroatoms. The lowest BCUT2D eigenvalue weighted by Crippen LogP contribution is -2.17. The van der Waals surface area contributed by atoms with Gasteiger partial charge in [-0.15, -0.1) is 0 Å². The number of carbonyl (C=O) groups excluding carboxylic acids is 3. The lowest BCUT2D eigenvalue weighted by Gasteiger charge is -2.07. The van der Waals surface area contributed by atoms with E-state index in [0.717, 1.165) is 17.3 Å². The average molecular weight is 388 g/mol. The summed E-state index contributed by atoms with van der Waals surface area (Å²) in [6, 6.07) is 14.4. The Labute approximate surface area is 159 Å². The standard InChI is InChI=1S/C19H14ClNO4S/c20-15-11-14(25-17(22)9-6-12-4-2-1-3-5-12)8-7-13(15)10-16-18(23)21-19(24)26-16/h1-5,7-8,10-11H,6,9H2,(H,21,23,24). The van der Waals surface area contributed by atoms with Crippen LogP contribution in [0.2, 0.25) is 5.02 Å². The molecule has 2 aromatic rings. The number of carbonyl (C=O) groups is 3. The Morgan fingerprint density at radius 1 is 1.15 bits per heavy atom. The summed E-state index contributed by atoms with van der Waals surface area (Å²) in [5.41, 5.74) is 1.62. The van der Waals surface area contributed by atoms with Gasteiger partial charge in [-0.1, -0.05) is 41.9 Å². The van der Waals surface area contributed by atoms with Crippen molar-refractivity contribution in [2.75, 3.05) is 0 Å². The largest absolute Gasteiger partial charge is 0.426 e. The fraction of sp³-hybridized carbons (Fsp3) is 0.105. The van der Waals surface area contributed by atoms with E-state index >= 15 is 0 Å². The Hall–Kier alpha value is -2.57. The molecule has 0 saturated carbocycles. The molecule has 1 N–H and O–H groups in total. The number of amides is 2. The number of hydrogen-bond acceptors (Lipinski definition) is 5.